The summed E-state index contributed by atoms with van der Waals surface area (Å²) in [5, 5.41) is 5.49. The molecule has 0 bridgehead atoms. The third-order valence-corrected chi connectivity index (χ3v) is 4.82. The number of aromatic nitrogens is 1. The van der Waals surface area contributed by atoms with Crippen molar-refractivity contribution >= 4 is 22.9 Å². The Morgan fingerprint density at radius 2 is 1.90 bits per heavy atom. The summed E-state index contributed by atoms with van der Waals surface area (Å²) in [6.07, 6.45) is 1.98. The van der Waals surface area contributed by atoms with Crippen LogP contribution < -0.4 is 5.32 Å². The zero-order valence-electron chi connectivity index (χ0n) is 12.4. The van der Waals surface area contributed by atoms with E-state index in [4.69, 9.17) is 11.6 Å². The molecular weight excluding hydrogens is 288 g/mol. The Morgan fingerprint density at radius 3 is 2.45 bits per heavy atom. The summed E-state index contributed by atoms with van der Waals surface area (Å²) in [6.45, 7) is 9.59. The standard InChI is InChI=1S/C16H21ClN2S/c1-11(12-5-7-13(17)8-6-12)18-9-14-10-19-15(20-14)16(2,3)4/h5-8,10-11,18H,9H2,1-4H3/t11-/m1/s1. The van der Waals surface area contributed by atoms with Crippen LogP contribution in [-0.2, 0) is 12.0 Å². The number of benzene rings is 1. The Kier molecular flexibility index (Phi) is 4.84. The Morgan fingerprint density at radius 1 is 1.25 bits per heavy atom. The molecule has 108 valence electrons. The van der Waals surface area contributed by atoms with Gasteiger partial charge in [-0.25, -0.2) is 4.98 Å². The minimum atomic E-state index is 0.130. The lowest BCUT2D eigenvalue weighted by Gasteiger charge is -2.14. The van der Waals surface area contributed by atoms with E-state index in [1.807, 2.05) is 18.3 Å². The quantitative estimate of drug-likeness (QED) is 0.865. The number of nitrogens with zero attached hydrogens (tertiary/aromatic N) is 1. The van der Waals surface area contributed by atoms with Crippen molar-refractivity contribution in [1.29, 1.82) is 0 Å². The minimum absolute atomic E-state index is 0.130. The highest BCUT2D eigenvalue weighted by molar-refractivity contribution is 7.11. The highest BCUT2D eigenvalue weighted by Gasteiger charge is 2.18. The zero-order chi connectivity index (χ0) is 14.8. The Hall–Kier alpha value is -0.900. The average Bonchev–Trinajstić information content (AvgIpc) is 2.85. The molecule has 2 rings (SSSR count). The monoisotopic (exact) mass is 308 g/mol. The first kappa shape index (κ1) is 15.5. The lowest BCUT2D eigenvalue weighted by molar-refractivity contribution is 0.578. The number of hydrogen-bond donors (Lipinski definition) is 1. The fourth-order valence-electron chi connectivity index (χ4n) is 1.86. The van der Waals surface area contributed by atoms with Gasteiger partial charge in [-0.1, -0.05) is 44.5 Å². The summed E-state index contributed by atoms with van der Waals surface area (Å²) >= 11 is 7.69. The molecule has 4 heteroatoms. The molecule has 2 aromatic rings. The van der Waals surface area contributed by atoms with Gasteiger partial charge in [0, 0.05) is 34.1 Å². The second-order valence-electron chi connectivity index (χ2n) is 6.04. The Balaban J connectivity index is 1.95. The molecule has 1 N–H and O–H groups in total. The smallest absolute Gasteiger partial charge is 0.0981 e. The number of hydrogen-bond acceptors (Lipinski definition) is 3. The summed E-state index contributed by atoms with van der Waals surface area (Å²) in [5.74, 6) is 0. The molecule has 0 saturated carbocycles. The molecule has 1 aromatic carbocycles. The molecule has 2 nitrogen and oxygen atoms in total. The average molecular weight is 309 g/mol. The van der Waals surface area contributed by atoms with Gasteiger partial charge in [0.15, 0.2) is 0 Å². The van der Waals surface area contributed by atoms with E-state index in [2.05, 4.69) is 50.1 Å². The molecule has 0 aliphatic rings. The normalized spacial score (nSPS) is 13.4. The maximum atomic E-state index is 5.91. The summed E-state index contributed by atoms with van der Waals surface area (Å²) in [6, 6.07) is 8.28. The van der Waals surface area contributed by atoms with E-state index >= 15 is 0 Å². The van der Waals surface area contributed by atoms with Crippen LogP contribution in [0.1, 0.15) is 49.2 Å². The van der Waals surface area contributed by atoms with Crippen LogP contribution in [0, 0.1) is 0 Å². The molecule has 0 saturated heterocycles. The molecule has 0 unspecified atom stereocenters. The van der Waals surface area contributed by atoms with Crippen molar-refractivity contribution in [1.82, 2.24) is 10.3 Å². The van der Waals surface area contributed by atoms with Crippen molar-refractivity contribution in [2.45, 2.75) is 45.7 Å². The fourth-order valence-corrected chi connectivity index (χ4v) is 2.91. The third-order valence-electron chi connectivity index (χ3n) is 3.15. The van der Waals surface area contributed by atoms with Gasteiger partial charge in [0.1, 0.15) is 0 Å². The zero-order valence-corrected chi connectivity index (χ0v) is 14.0. The van der Waals surface area contributed by atoms with Crippen LogP contribution in [0.2, 0.25) is 5.02 Å². The Labute approximate surface area is 130 Å². The first-order valence-corrected chi connectivity index (χ1v) is 8.00. The van der Waals surface area contributed by atoms with E-state index in [0.717, 1.165) is 11.6 Å². The Bertz CT molecular complexity index is 555. The second-order valence-corrected chi connectivity index (χ2v) is 7.59. The van der Waals surface area contributed by atoms with E-state index < -0.39 is 0 Å². The number of thiazole rings is 1. The van der Waals surface area contributed by atoms with Crippen molar-refractivity contribution in [3.8, 4) is 0 Å². The minimum Gasteiger partial charge on any atom is -0.305 e. The molecule has 0 radical (unpaired) electrons. The molecule has 1 heterocycles. The van der Waals surface area contributed by atoms with Gasteiger partial charge in [-0.3, -0.25) is 0 Å². The molecule has 0 amide bonds. The lowest BCUT2D eigenvalue weighted by Crippen LogP contribution is -2.17. The van der Waals surface area contributed by atoms with Gasteiger partial charge < -0.3 is 5.32 Å². The van der Waals surface area contributed by atoms with Gasteiger partial charge in [-0.15, -0.1) is 11.3 Å². The molecule has 0 spiro atoms. The number of rotatable bonds is 4. The highest BCUT2D eigenvalue weighted by Crippen LogP contribution is 2.27. The molecular formula is C16H21ClN2S. The van der Waals surface area contributed by atoms with Crippen LogP contribution in [0.5, 0.6) is 0 Å². The van der Waals surface area contributed by atoms with Crippen molar-refractivity contribution in [2.24, 2.45) is 0 Å². The van der Waals surface area contributed by atoms with Crippen LogP contribution >= 0.6 is 22.9 Å². The summed E-state index contributed by atoms with van der Waals surface area (Å²) < 4.78 is 0. The van der Waals surface area contributed by atoms with Gasteiger partial charge in [-0.05, 0) is 24.6 Å². The summed E-state index contributed by atoms with van der Waals surface area (Å²) in [4.78, 5) is 5.78. The summed E-state index contributed by atoms with van der Waals surface area (Å²) in [5.41, 5.74) is 1.38. The van der Waals surface area contributed by atoms with Gasteiger partial charge in [0.25, 0.3) is 0 Å². The molecule has 1 atom stereocenters. The molecule has 1 aromatic heterocycles. The van der Waals surface area contributed by atoms with Crippen molar-refractivity contribution in [2.75, 3.05) is 0 Å². The van der Waals surface area contributed by atoms with Gasteiger partial charge in [0.2, 0.25) is 0 Å². The van der Waals surface area contributed by atoms with E-state index in [1.54, 1.807) is 11.3 Å². The SMILES string of the molecule is C[C@@H](NCc1cnc(C(C)(C)C)s1)c1ccc(Cl)cc1. The predicted molar refractivity (Wildman–Crippen MR) is 87.5 cm³/mol. The van der Waals surface area contributed by atoms with Gasteiger partial charge >= 0.3 is 0 Å². The van der Waals surface area contributed by atoms with E-state index in [0.29, 0.717) is 6.04 Å². The summed E-state index contributed by atoms with van der Waals surface area (Å²) in [7, 11) is 0. The van der Waals surface area contributed by atoms with Gasteiger partial charge in [0.05, 0.1) is 5.01 Å². The van der Waals surface area contributed by atoms with Crippen LogP contribution in [0.4, 0.5) is 0 Å². The number of halogens is 1. The van der Waals surface area contributed by atoms with Crippen LogP contribution in [0.3, 0.4) is 0 Å². The predicted octanol–water partition coefficient (Wildman–Crippen LogP) is 4.94. The third kappa shape index (κ3) is 4.05. The lowest BCUT2D eigenvalue weighted by atomic mass is 9.98. The molecule has 20 heavy (non-hydrogen) atoms. The molecule has 0 aliphatic carbocycles. The van der Waals surface area contributed by atoms with Gasteiger partial charge in [-0.2, -0.15) is 0 Å². The highest BCUT2D eigenvalue weighted by atomic mass is 35.5. The maximum Gasteiger partial charge on any atom is 0.0981 e. The van der Waals surface area contributed by atoms with Crippen LogP contribution in [0.15, 0.2) is 30.5 Å². The fraction of sp³-hybridized carbons (Fsp3) is 0.438. The molecule has 0 aliphatic heterocycles. The van der Waals surface area contributed by atoms with Crippen molar-refractivity contribution in [3.05, 3.63) is 50.9 Å². The van der Waals surface area contributed by atoms with Crippen molar-refractivity contribution < 1.29 is 0 Å². The van der Waals surface area contributed by atoms with Crippen LogP contribution in [-0.4, -0.2) is 4.98 Å². The van der Waals surface area contributed by atoms with E-state index in [1.165, 1.54) is 15.4 Å². The topological polar surface area (TPSA) is 24.9 Å². The van der Waals surface area contributed by atoms with Crippen molar-refractivity contribution in [3.63, 3.8) is 0 Å². The second kappa shape index (κ2) is 6.25. The number of nitrogens with one attached hydrogen (secondary N) is 1. The largest absolute Gasteiger partial charge is 0.305 e. The van der Waals surface area contributed by atoms with E-state index in [-0.39, 0.29) is 5.41 Å². The van der Waals surface area contributed by atoms with E-state index in [9.17, 15) is 0 Å². The molecule has 0 fully saturated rings. The maximum absolute atomic E-state index is 5.91. The van der Waals surface area contributed by atoms with Crippen LogP contribution in [0.25, 0.3) is 0 Å². The first-order chi connectivity index (χ1) is 9.36. The first-order valence-electron chi connectivity index (χ1n) is 6.80.